The average Bonchev–Trinajstić information content (AvgIpc) is 1.38. The van der Waals surface area contributed by atoms with Gasteiger partial charge in [-0.2, -0.15) is 0 Å². The number of carbonyl (C=O) groups is 1. The zero-order valence-corrected chi connectivity index (χ0v) is 6.35. The molecule has 0 aliphatic rings. The first-order valence-electron chi connectivity index (χ1n) is 1.76. The third kappa shape index (κ3) is 19.6. The van der Waals surface area contributed by atoms with Crippen LogP contribution in [-0.4, -0.2) is 23.1 Å². The van der Waals surface area contributed by atoms with Gasteiger partial charge in [0.15, 0.2) is 17.4 Å². The van der Waals surface area contributed by atoms with E-state index in [4.69, 9.17) is 0 Å². The molecule has 0 aromatic rings. The lowest BCUT2D eigenvalue weighted by atomic mass is 10.4. The summed E-state index contributed by atoms with van der Waals surface area (Å²) in [6, 6.07) is 0. The number of halogens is 1. The molecule has 0 rings (SSSR count). The number of ketones is 1. The first kappa shape index (κ1) is 15.7. The molecule has 0 aliphatic heterocycles. The van der Waals surface area contributed by atoms with E-state index in [1.165, 1.54) is 0 Å². The highest BCUT2D eigenvalue weighted by molar-refractivity contribution is 14.0. The van der Waals surface area contributed by atoms with Gasteiger partial charge >= 0.3 is 0 Å². The van der Waals surface area contributed by atoms with Gasteiger partial charge in [0.2, 0.25) is 0 Å². The monoisotopic (exact) mass is 230 g/mol. The zero-order valence-electron chi connectivity index (χ0n) is 4.02. The van der Waals surface area contributed by atoms with E-state index < -0.39 is 0 Å². The van der Waals surface area contributed by atoms with Gasteiger partial charge in [-0.15, -0.1) is 24.0 Å². The Balaban J connectivity index is -0.0000000800. The zero-order chi connectivity index (χ0) is 4.28. The first-order valence-corrected chi connectivity index (χ1v) is 1.76. The smallest absolute Gasteiger partial charge is 0.187 e. The second kappa shape index (κ2) is 10.0. The number of carbonyl (C=O) groups excluding carboxylic acids is 1. The number of rotatable bonds is 1. The van der Waals surface area contributed by atoms with Crippen LogP contribution in [0.4, 0.5) is 0 Å². The van der Waals surface area contributed by atoms with Crippen LogP contribution in [0.25, 0.3) is 0 Å². The van der Waals surface area contributed by atoms with Gasteiger partial charge in [-0.1, -0.05) is 6.92 Å². The van der Waals surface area contributed by atoms with Crippen molar-refractivity contribution in [2.75, 3.05) is 0 Å². The minimum Gasteiger partial charge on any atom is -0.300 e. The van der Waals surface area contributed by atoms with Gasteiger partial charge in [-0.3, -0.25) is 0 Å². The van der Waals surface area contributed by atoms with E-state index in [2.05, 4.69) is 0 Å². The molecule has 0 amide bonds. The Hall–Kier alpha value is 0.932. The maximum Gasteiger partial charge on any atom is 0.187 e. The Kier molecular flexibility index (Phi) is 22.4. The third-order valence-electron chi connectivity index (χ3n) is 0.498. The second-order valence-corrected chi connectivity index (χ2v) is 1.06. The molecule has 0 aliphatic carbocycles. The molecule has 0 saturated carbocycles. The molecule has 0 aromatic carbocycles. The van der Waals surface area contributed by atoms with Crippen molar-refractivity contribution in [2.45, 2.75) is 20.3 Å². The van der Waals surface area contributed by atoms with Gasteiger partial charge in [0.1, 0.15) is 5.78 Å². The van der Waals surface area contributed by atoms with E-state index >= 15 is 0 Å². The molecule has 3 heteroatoms. The van der Waals surface area contributed by atoms with Crippen LogP contribution in [0.1, 0.15) is 20.3 Å². The van der Waals surface area contributed by atoms with Gasteiger partial charge in [0, 0.05) is 6.42 Å². The van der Waals surface area contributed by atoms with Crippen LogP contribution in [0.15, 0.2) is 0 Å². The van der Waals surface area contributed by atoms with Crippen LogP contribution in [0.2, 0.25) is 0 Å². The van der Waals surface area contributed by atoms with Crippen molar-refractivity contribution in [3.8, 4) is 0 Å². The molecule has 0 bridgehead atoms. The Morgan fingerprint density at radius 1 is 1.57 bits per heavy atom. The lowest BCUT2D eigenvalue weighted by Crippen LogP contribution is -1.80. The Bertz CT molecular complexity index is 47.0. The van der Waals surface area contributed by atoms with Gasteiger partial charge in [-0.05, 0) is 6.92 Å². The molecule has 1 nitrogen and oxygen atoms in total. The highest BCUT2D eigenvalue weighted by Crippen LogP contribution is 1.71. The van der Waals surface area contributed by atoms with Crippen LogP contribution in [0.5, 0.6) is 0 Å². The topological polar surface area (TPSA) is 17.1 Å². The number of hydrogen-bond acceptors (Lipinski definition) is 1. The maximum atomic E-state index is 9.81. The molecular weight excluding hydrogens is 218 g/mol. The van der Waals surface area contributed by atoms with Crippen molar-refractivity contribution in [1.82, 2.24) is 0 Å². The molecule has 0 N–H and O–H groups in total. The van der Waals surface area contributed by atoms with Crippen LogP contribution in [-0.2, 0) is 4.79 Å². The summed E-state index contributed by atoms with van der Waals surface area (Å²) in [6.45, 7) is 3.43. The van der Waals surface area contributed by atoms with Crippen LogP contribution in [0.3, 0.4) is 0 Å². The molecule has 0 radical (unpaired) electrons. The molecule has 0 aromatic heterocycles. The Labute approximate surface area is 72.0 Å². The highest BCUT2D eigenvalue weighted by atomic mass is 127. The molecule has 0 saturated heterocycles. The van der Waals surface area contributed by atoms with Crippen molar-refractivity contribution in [3.63, 3.8) is 0 Å². The standard InChI is InChI=1S/C4H8O.Al.HI.3H/c1-3-4(2)5;;;;;/h3H2,1-2H3;;1H;;;. The molecule has 0 fully saturated rings. The molecule has 0 heterocycles. The normalized spacial score (nSPS) is 5.43. The minimum absolute atomic E-state index is 0. The van der Waals surface area contributed by atoms with E-state index in [1.807, 2.05) is 6.92 Å². The largest absolute Gasteiger partial charge is 0.300 e. The van der Waals surface area contributed by atoms with Crippen LogP contribution >= 0.6 is 24.0 Å². The summed E-state index contributed by atoms with van der Waals surface area (Å²) in [4.78, 5) is 9.81. The summed E-state index contributed by atoms with van der Waals surface area (Å²) in [5, 5.41) is 0. The van der Waals surface area contributed by atoms with Crippen molar-refractivity contribution in [1.29, 1.82) is 0 Å². The van der Waals surface area contributed by atoms with E-state index in [1.54, 1.807) is 6.92 Å². The summed E-state index contributed by atoms with van der Waals surface area (Å²) in [6.07, 6.45) is 0.667. The molecule has 0 atom stereocenters. The van der Waals surface area contributed by atoms with E-state index in [9.17, 15) is 4.79 Å². The Morgan fingerprint density at radius 2 is 1.71 bits per heavy atom. The van der Waals surface area contributed by atoms with E-state index in [0.717, 1.165) is 0 Å². The summed E-state index contributed by atoms with van der Waals surface area (Å²) >= 11 is 0. The minimum atomic E-state index is 0. The molecular formula is C4H12AlIO. The van der Waals surface area contributed by atoms with E-state index in [0.29, 0.717) is 6.42 Å². The van der Waals surface area contributed by atoms with Crippen molar-refractivity contribution in [3.05, 3.63) is 0 Å². The van der Waals surface area contributed by atoms with E-state index in [-0.39, 0.29) is 47.1 Å². The maximum absolute atomic E-state index is 9.81. The SMILES string of the molecule is CCC(C)=O.I.[AlH3]. The quantitative estimate of drug-likeness (QED) is 0.471. The summed E-state index contributed by atoms with van der Waals surface area (Å²) < 4.78 is 0. The fraction of sp³-hybridized carbons (Fsp3) is 0.750. The van der Waals surface area contributed by atoms with Gasteiger partial charge < -0.3 is 4.79 Å². The first-order chi connectivity index (χ1) is 2.27. The predicted molar refractivity (Wildman–Crippen MR) is 46.3 cm³/mol. The molecule has 7 heavy (non-hydrogen) atoms. The van der Waals surface area contributed by atoms with Crippen molar-refractivity contribution in [2.24, 2.45) is 0 Å². The number of hydrogen-bond donors (Lipinski definition) is 0. The molecule has 0 spiro atoms. The van der Waals surface area contributed by atoms with Crippen LogP contribution in [0, 0.1) is 0 Å². The third-order valence-corrected chi connectivity index (χ3v) is 0.498. The summed E-state index contributed by atoms with van der Waals surface area (Å²) in [7, 11) is 0. The molecule has 0 unspecified atom stereocenters. The summed E-state index contributed by atoms with van der Waals surface area (Å²) in [5.74, 6) is 0.255. The summed E-state index contributed by atoms with van der Waals surface area (Å²) in [5.41, 5.74) is 0. The predicted octanol–water partition coefficient (Wildman–Crippen LogP) is 0.419. The molecule has 44 valence electrons. The fourth-order valence-corrected chi connectivity index (χ4v) is 0. The Morgan fingerprint density at radius 3 is 1.71 bits per heavy atom. The average molecular weight is 230 g/mol. The van der Waals surface area contributed by atoms with Gasteiger partial charge in [-0.25, -0.2) is 0 Å². The lowest BCUT2D eigenvalue weighted by Gasteiger charge is -1.71. The lowest BCUT2D eigenvalue weighted by molar-refractivity contribution is -0.116. The second-order valence-electron chi connectivity index (χ2n) is 1.06. The van der Waals surface area contributed by atoms with Crippen LogP contribution < -0.4 is 0 Å². The highest BCUT2D eigenvalue weighted by Gasteiger charge is 1.76. The van der Waals surface area contributed by atoms with Gasteiger partial charge in [0.25, 0.3) is 0 Å². The fourth-order valence-electron chi connectivity index (χ4n) is 0. The van der Waals surface area contributed by atoms with Crippen molar-refractivity contribution >= 4 is 47.1 Å². The van der Waals surface area contributed by atoms with Crippen molar-refractivity contribution < 1.29 is 4.79 Å². The number of Topliss-reactive ketones (excluding diaryl/α,β-unsaturated/α-hetero) is 1. The van der Waals surface area contributed by atoms with Gasteiger partial charge in [0.05, 0.1) is 0 Å².